The van der Waals surface area contributed by atoms with Crippen LogP contribution >= 0.6 is 11.6 Å². The van der Waals surface area contributed by atoms with Crippen LogP contribution in [0.3, 0.4) is 0 Å². The molecule has 6 rings (SSSR count). The first-order valence-electron chi connectivity index (χ1n) is 14.7. The zero-order valence-electron chi connectivity index (χ0n) is 24.7. The number of nitrogens with zero attached hydrogens (tertiary/aromatic N) is 4. The van der Waals surface area contributed by atoms with Crippen LogP contribution in [0.4, 0.5) is 0 Å². The molecule has 5 aromatic rings. The average Bonchev–Trinajstić information content (AvgIpc) is 3.67. The van der Waals surface area contributed by atoms with Crippen molar-refractivity contribution in [2.75, 3.05) is 19.6 Å². The molecule has 3 aromatic carbocycles. The van der Waals surface area contributed by atoms with Gasteiger partial charge in [-0.15, -0.1) is 0 Å². The Kier molecular flexibility index (Phi) is 9.08. The predicted molar refractivity (Wildman–Crippen MR) is 169 cm³/mol. The van der Waals surface area contributed by atoms with E-state index in [1.54, 1.807) is 18.3 Å². The maximum absolute atomic E-state index is 11.7. The van der Waals surface area contributed by atoms with Gasteiger partial charge in [-0.2, -0.15) is 5.26 Å². The maximum Gasteiger partial charge on any atom is 0.196 e. The first-order chi connectivity index (χ1) is 21.9. The van der Waals surface area contributed by atoms with Crippen LogP contribution in [0.15, 0.2) is 71.4 Å². The van der Waals surface area contributed by atoms with E-state index in [2.05, 4.69) is 22.0 Å². The molecule has 1 saturated heterocycles. The Hall–Kier alpha value is -4.75. The van der Waals surface area contributed by atoms with Crippen molar-refractivity contribution >= 4 is 29.0 Å². The van der Waals surface area contributed by atoms with Gasteiger partial charge in [-0.1, -0.05) is 35.9 Å². The molecule has 0 spiro atoms. The van der Waals surface area contributed by atoms with Crippen molar-refractivity contribution < 1.29 is 23.8 Å². The fourth-order valence-electron chi connectivity index (χ4n) is 5.49. The number of hydrogen-bond acceptors (Lipinski definition) is 9. The Balaban J connectivity index is 1.16. The summed E-state index contributed by atoms with van der Waals surface area (Å²) in [6.07, 6.45) is 5.02. The minimum Gasteiger partial charge on any atom is -0.488 e. The van der Waals surface area contributed by atoms with Gasteiger partial charge in [0, 0.05) is 50.1 Å². The van der Waals surface area contributed by atoms with Crippen LogP contribution in [0.5, 0.6) is 11.5 Å². The van der Waals surface area contributed by atoms with Crippen LogP contribution in [0.25, 0.3) is 22.2 Å². The summed E-state index contributed by atoms with van der Waals surface area (Å²) >= 11 is 6.48. The van der Waals surface area contributed by atoms with Crippen molar-refractivity contribution in [1.82, 2.24) is 14.9 Å². The number of aromatic nitrogens is 2. The summed E-state index contributed by atoms with van der Waals surface area (Å²) in [4.78, 5) is 22.7. The molecule has 0 amide bonds. The van der Waals surface area contributed by atoms with Gasteiger partial charge in [-0.25, -0.2) is 4.98 Å². The number of carbonyl (C=O) groups is 1. The van der Waals surface area contributed by atoms with Gasteiger partial charge in [-0.3, -0.25) is 9.78 Å². The summed E-state index contributed by atoms with van der Waals surface area (Å²) in [7, 11) is 0. The molecule has 0 aliphatic carbocycles. The summed E-state index contributed by atoms with van der Waals surface area (Å²) in [5.41, 5.74) is 7.04. The number of hydrogen-bond donors (Lipinski definition) is 1. The zero-order valence-corrected chi connectivity index (χ0v) is 25.5. The van der Waals surface area contributed by atoms with Gasteiger partial charge in [0.05, 0.1) is 22.3 Å². The second-order valence-electron chi connectivity index (χ2n) is 11.1. The Morgan fingerprint density at radius 1 is 1.13 bits per heavy atom. The first kappa shape index (κ1) is 30.3. The highest BCUT2D eigenvalue weighted by atomic mass is 35.5. The smallest absolute Gasteiger partial charge is 0.196 e. The summed E-state index contributed by atoms with van der Waals surface area (Å²) in [5, 5.41) is 19.2. The molecule has 1 aliphatic heterocycles. The molecule has 228 valence electrons. The number of likely N-dealkylation sites (tertiary alicyclic amines) is 1. The molecule has 1 unspecified atom stereocenters. The molecular formula is C35H31ClN4O5. The van der Waals surface area contributed by atoms with Crippen molar-refractivity contribution in [2.45, 2.75) is 39.1 Å². The van der Waals surface area contributed by atoms with Gasteiger partial charge in [-0.05, 0) is 59.9 Å². The van der Waals surface area contributed by atoms with Crippen molar-refractivity contribution in [2.24, 2.45) is 0 Å². The summed E-state index contributed by atoms with van der Waals surface area (Å²) in [6.45, 7) is 4.81. The molecule has 10 heteroatoms. The first-order valence-corrected chi connectivity index (χ1v) is 15.0. The van der Waals surface area contributed by atoms with Crippen molar-refractivity contribution in [3.63, 3.8) is 0 Å². The number of halogens is 1. The molecule has 45 heavy (non-hydrogen) atoms. The summed E-state index contributed by atoms with van der Waals surface area (Å²) < 4.78 is 18.0. The van der Waals surface area contributed by atoms with Crippen LogP contribution in [-0.4, -0.2) is 52.0 Å². The van der Waals surface area contributed by atoms with Gasteiger partial charge >= 0.3 is 0 Å². The molecular weight excluding hydrogens is 592 g/mol. The molecule has 3 heterocycles. The molecule has 9 nitrogen and oxygen atoms in total. The average molecular weight is 623 g/mol. The maximum atomic E-state index is 11.7. The Labute approximate surface area is 265 Å². The SMILES string of the molecule is Cc1c(COc2cc(OCc3cncc(C#N)c3)c(C=O)cc2Cl)cccc1-c1ccc2oc(CCN3CCC(O)C3)nc2c1. The second kappa shape index (κ2) is 13.5. The highest BCUT2D eigenvalue weighted by molar-refractivity contribution is 6.32. The lowest BCUT2D eigenvalue weighted by atomic mass is 9.96. The van der Waals surface area contributed by atoms with Gasteiger partial charge < -0.3 is 23.9 Å². The highest BCUT2D eigenvalue weighted by Crippen LogP contribution is 2.34. The minimum absolute atomic E-state index is 0.117. The van der Waals surface area contributed by atoms with Gasteiger partial charge in [0.1, 0.15) is 36.3 Å². The van der Waals surface area contributed by atoms with Crippen molar-refractivity contribution in [1.29, 1.82) is 5.26 Å². The molecule has 1 aliphatic rings. The number of nitriles is 1. The lowest BCUT2D eigenvalue weighted by molar-refractivity contribution is 0.111. The second-order valence-corrected chi connectivity index (χ2v) is 11.5. The molecule has 1 fully saturated rings. The van der Waals surface area contributed by atoms with Gasteiger partial charge in [0.2, 0.25) is 0 Å². The molecule has 1 atom stereocenters. The van der Waals surface area contributed by atoms with E-state index in [0.29, 0.717) is 52.8 Å². The quantitative estimate of drug-likeness (QED) is 0.169. The molecule has 2 aromatic heterocycles. The number of rotatable bonds is 11. The van der Waals surface area contributed by atoms with E-state index in [4.69, 9.17) is 35.7 Å². The Morgan fingerprint density at radius 2 is 2.00 bits per heavy atom. The number of aliphatic hydroxyl groups excluding tert-OH is 1. The molecule has 0 radical (unpaired) electrons. The molecule has 0 saturated carbocycles. The third-order valence-corrected chi connectivity index (χ3v) is 8.27. The van der Waals surface area contributed by atoms with E-state index < -0.39 is 0 Å². The van der Waals surface area contributed by atoms with Crippen LogP contribution in [-0.2, 0) is 19.6 Å². The Morgan fingerprint density at radius 3 is 2.80 bits per heavy atom. The van der Waals surface area contributed by atoms with Gasteiger partial charge in [0.15, 0.2) is 17.8 Å². The Bertz CT molecular complexity index is 1900. The number of fused-ring (bicyclic) bond motifs is 1. The number of ether oxygens (including phenoxy) is 2. The summed E-state index contributed by atoms with van der Waals surface area (Å²) in [5.74, 6) is 1.39. The van der Waals surface area contributed by atoms with Crippen LogP contribution in [0.1, 0.15) is 44.9 Å². The zero-order chi connectivity index (χ0) is 31.3. The van der Waals surface area contributed by atoms with Crippen molar-refractivity contribution in [3.05, 3.63) is 106 Å². The van der Waals surface area contributed by atoms with E-state index in [1.165, 1.54) is 12.3 Å². The van der Waals surface area contributed by atoms with Crippen LogP contribution < -0.4 is 9.47 Å². The minimum atomic E-state index is -0.240. The topological polar surface area (TPSA) is 122 Å². The number of pyridine rings is 1. The highest BCUT2D eigenvalue weighted by Gasteiger charge is 2.20. The van der Waals surface area contributed by atoms with E-state index >= 15 is 0 Å². The number of aldehydes is 1. The number of benzene rings is 3. The summed E-state index contributed by atoms with van der Waals surface area (Å²) in [6, 6.07) is 18.9. The molecule has 0 bridgehead atoms. The largest absolute Gasteiger partial charge is 0.488 e. The van der Waals surface area contributed by atoms with E-state index in [1.807, 2.05) is 37.3 Å². The van der Waals surface area contributed by atoms with E-state index in [9.17, 15) is 9.90 Å². The lowest BCUT2D eigenvalue weighted by Crippen LogP contribution is -2.24. The third-order valence-electron chi connectivity index (χ3n) is 7.97. The number of oxazole rings is 1. The lowest BCUT2D eigenvalue weighted by Gasteiger charge is -2.15. The monoisotopic (exact) mass is 622 g/mol. The molecule has 1 N–H and O–H groups in total. The normalized spacial score (nSPS) is 14.8. The number of carbonyl (C=O) groups excluding carboxylic acids is 1. The van der Waals surface area contributed by atoms with Crippen LogP contribution in [0, 0.1) is 18.3 Å². The fourth-order valence-corrected chi connectivity index (χ4v) is 5.72. The van der Waals surface area contributed by atoms with Crippen molar-refractivity contribution in [3.8, 4) is 28.7 Å². The van der Waals surface area contributed by atoms with Gasteiger partial charge in [0.25, 0.3) is 0 Å². The van der Waals surface area contributed by atoms with Crippen LogP contribution in [0.2, 0.25) is 5.02 Å². The number of aliphatic hydroxyl groups is 1. The third kappa shape index (κ3) is 6.99. The fraction of sp³-hybridized carbons (Fsp3) is 0.257. The number of β-amino-alcohol motifs (C(OH)–C–C–N with tert-alkyl or cyclic N) is 1. The predicted octanol–water partition coefficient (Wildman–Crippen LogP) is 6.30. The van der Waals surface area contributed by atoms with E-state index in [0.717, 1.165) is 52.9 Å². The standard InChI is InChI=1S/C35H31ClN4O5/c1-22-26(21-44-34-14-33(27(19-41)12-30(34)36)43-20-24-11-23(15-37)16-38-17-24)3-2-4-29(22)25-5-6-32-31(13-25)39-35(45-32)8-10-40-9-7-28(42)18-40/h2-6,11-14,16-17,19,28,42H,7-10,18,20-21H2,1H3. The van der Waals surface area contributed by atoms with E-state index in [-0.39, 0.29) is 24.9 Å².